The van der Waals surface area contributed by atoms with Gasteiger partial charge in [0.15, 0.2) is 9.84 Å². The summed E-state index contributed by atoms with van der Waals surface area (Å²) in [6, 6.07) is 21.2. The lowest BCUT2D eigenvalue weighted by Crippen LogP contribution is -2.15. The predicted molar refractivity (Wildman–Crippen MR) is 99.7 cm³/mol. The molecule has 1 atom stereocenters. The number of aryl methyl sites for hydroxylation is 1. The maximum Gasteiger partial charge on any atom is 0.269 e. The summed E-state index contributed by atoms with van der Waals surface area (Å²) in [6.07, 6.45) is 0. The van der Waals surface area contributed by atoms with Gasteiger partial charge in [-0.3, -0.25) is 10.1 Å². The highest BCUT2D eigenvalue weighted by molar-refractivity contribution is 7.91. The van der Waals surface area contributed by atoms with Crippen LogP contribution in [0.2, 0.25) is 0 Å². The first-order chi connectivity index (χ1) is 12.4. The molecule has 6 heteroatoms. The number of nitro benzene ring substituents is 1. The molecule has 0 N–H and O–H groups in total. The quantitative estimate of drug-likeness (QED) is 0.492. The summed E-state index contributed by atoms with van der Waals surface area (Å²) < 4.78 is 26.7. The Balaban J connectivity index is 2.15. The summed E-state index contributed by atoms with van der Waals surface area (Å²) in [4.78, 5) is 10.6. The average Bonchev–Trinajstić information content (AvgIpc) is 2.63. The van der Waals surface area contributed by atoms with Gasteiger partial charge in [-0.25, -0.2) is 8.42 Å². The minimum Gasteiger partial charge on any atom is -0.258 e. The third-order valence-electron chi connectivity index (χ3n) is 4.17. The van der Waals surface area contributed by atoms with Crippen LogP contribution in [0.25, 0.3) is 0 Å². The zero-order chi connectivity index (χ0) is 18.7. The van der Waals surface area contributed by atoms with E-state index >= 15 is 0 Å². The number of non-ortho nitro benzene ring substituents is 1. The van der Waals surface area contributed by atoms with Crippen LogP contribution >= 0.6 is 0 Å². The van der Waals surface area contributed by atoms with Gasteiger partial charge in [-0.2, -0.15) is 0 Å². The Labute approximate surface area is 152 Å². The number of nitro groups is 1. The Bertz CT molecular complexity index is 1010. The van der Waals surface area contributed by atoms with Crippen LogP contribution in [0.5, 0.6) is 0 Å². The normalized spacial score (nSPS) is 12.5. The molecule has 0 saturated carbocycles. The molecule has 0 fully saturated rings. The highest BCUT2D eigenvalue weighted by atomic mass is 32.2. The van der Waals surface area contributed by atoms with Gasteiger partial charge in [0.05, 0.1) is 9.82 Å². The molecule has 0 amide bonds. The van der Waals surface area contributed by atoms with Crippen molar-refractivity contribution in [2.45, 2.75) is 17.1 Å². The second-order valence-electron chi connectivity index (χ2n) is 6.00. The first-order valence-corrected chi connectivity index (χ1v) is 9.54. The summed E-state index contributed by atoms with van der Waals surface area (Å²) in [5, 5.41) is 9.95. The van der Waals surface area contributed by atoms with Crippen LogP contribution in [0.4, 0.5) is 5.69 Å². The topological polar surface area (TPSA) is 77.3 Å². The molecule has 0 spiro atoms. The van der Waals surface area contributed by atoms with Crippen molar-refractivity contribution < 1.29 is 13.3 Å². The number of nitrogens with zero attached hydrogens (tertiary/aromatic N) is 1. The fourth-order valence-electron chi connectivity index (χ4n) is 2.81. The van der Waals surface area contributed by atoms with Crippen LogP contribution in [0.1, 0.15) is 21.9 Å². The molecule has 132 valence electrons. The minimum absolute atomic E-state index is 0.0757. The van der Waals surface area contributed by atoms with Gasteiger partial charge in [0, 0.05) is 12.1 Å². The number of sulfone groups is 1. The molecule has 0 aliphatic carbocycles. The van der Waals surface area contributed by atoms with Gasteiger partial charge in [-0.1, -0.05) is 60.2 Å². The Kier molecular flexibility index (Phi) is 4.86. The fourth-order valence-corrected chi connectivity index (χ4v) is 4.63. The van der Waals surface area contributed by atoms with Crippen LogP contribution in [-0.4, -0.2) is 13.3 Å². The lowest BCUT2D eigenvalue weighted by molar-refractivity contribution is -0.384. The van der Waals surface area contributed by atoms with E-state index in [2.05, 4.69) is 0 Å². The van der Waals surface area contributed by atoms with Crippen molar-refractivity contribution in [2.24, 2.45) is 0 Å². The summed E-state index contributed by atoms with van der Waals surface area (Å²) in [5.74, 6) is 0. The molecule has 0 aromatic heterocycles. The van der Waals surface area contributed by atoms with E-state index in [4.69, 9.17) is 0 Å². The fraction of sp³-hybridized carbons (Fsp3) is 0.100. The second kappa shape index (κ2) is 7.09. The summed E-state index contributed by atoms with van der Waals surface area (Å²) in [7, 11) is -3.73. The molecule has 26 heavy (non-hydrogen) atoms. The first-order valence-electron chi connectivity index (χ1n) is 7.99. The van der Waals surface area contributed by atoms with E-state index < -0.39 is 20.0 Å². The predicted octanol–water partition coefficient (Wildman–Crippen LogP) is 4.47. The Hall–Kier alpha value is -2.99. The zero-order valence-electron chi connectivity index (χ0n) is 14.1. The Morgan fingerprint density at radius 3 is 1.88 bits per heavy atom. The zero-order valence-corrected chi connectivity index (χ0v) is 14.9. The largest absolute Gasteiger partial charge is 0.269 e. The van der Waals surface area contributed by atoms with Crippen molar-refractivity contribution >= 4 is 15.5 Å². The number of benzene rings is 3. The minimum atomic E-state index is -3.73. The Morgan fingerprint density at radius 2 is 1.35 bits per heavy atom. The molecule has 1 unspecified atom stereocenters. The molecule has 0 heterocycles. The molecule has 0 aliphatic heterocycles. The summed E-state index contributed by atoms with van der Waals surface area (Å²) in [6.45, 7) is 1.89. The molecule has 0 radical (unpaired) electrons. The number of hydrogen-bond donors (Lipinski definition) is 0. The van der Waals surface area contributed by atoms with Crippen LogP contribution in [0.15, 0.2) is 83.8 Å². The van der Waals surface area contributed by atoms with Crippen LogP contribution in [0.3, 0.4) is 0 Å². The van der Waals surface area contributed by atoms with E-state index in [1.54, 1.807) is 48.5 Å². The molecule has 0 saturated heterocycles. The highest BCUT2D eigenvalue weighted by Gasteiger charge is 2.31. The lowest BCUT2D eigenvalue weighted by atomic mass is 10.0. The van der Waals surface area contributed by atoms with Crippen LogP contribution in [-0.2, 0) is 9.84 Å². The van der Waals surface area contributed by atoms with E-state index in [1.165, 1.54) is 24.3 Å². The smallest absolute Gasteiger partial charge is 0.258 e. The first kappa shape index (κ1) is 17.8. The molecule has 0 aliphatic rings. The van der Waals surface area contributed by atoms with Crippen molar-refractivity contribution in [3.63, 3.8) is 0 Å². The molecule has 3 rings (SSSR count). The highest BCUT2D eigenvalue weighted by Crippen LogP contribution is 2.35. The third-order valence-corrected chi connectivity index (χ3v) is 6.26. The molecule has 3 aromatic rings. The van der Waals surface area contributed by atoms with Crippen molar-refractivity contribution in [3.8, 4) is 0 Å². The maximum absolute atomic E-state index is 13.3. The van der Waals surface area contributed by atoms with Crippen molar-refractivity contribution in [1.29, 1.82) is 0 Å². The van der Waals surface area contributed by atoms with Crippen LogP contribution in [0, 0.1) is 17.0 Å². The third kappa shape index (κ3) is 3.50. The summed E-state index contributed by atoms with van der Waals surface area (Å²) >= 11 is 0. The second-order valence-corrected chi connectivity index (χ2v) is 8.03. The SMILES string of the molecule is Cc1ccc(S(=O)(=O)C(c2ccccc2)c2ccc([N+](=O)[O-])cc2)cc1. The molecule has 3 aromatic carbocycles. The maximum atomic E-state index is 13.3. The van der Waals surface area contributed by atoms with Gasteiger partial charge >= 0.3 is 0 Å². The van der Waals surface area contributed by atoms with E-state index in [0.29, 0.717) is 11.1 Å². The van der Waals surface area contributed by atoms with Gasteiger partial charge in [0.25, 0.3) is 5.69 Å². The van der Waals surface area contributed by atoms with E-state index in [1.807, 2.05) is 13.0 Å². The van der Waals surface area contributed by atoms with Crippen molar-refractivity contribution in [2.75, 3.05) is 0 Å². The molecule has 0 bridgehead atoms. The van der Waals surface area contributed by atoms with E-state index in [9.17, 15) is 18.5 Å². The average molecular weight is 367 g/mol. The number of hydrogen-bond acceptors (Lipinski definition) is 4. The monoisotopic (exact) mass is 367 g/mol. The van der Waals surface area contributed by atoms with Gasteiger partial charge in [0.1, 0.15) is 5.25 Å². The Morgan fingerprint density at radius 1 is 0.808 bits per heavy atom. The van der Waals surface area contributed by atoms with E-state index in [0.717, 1.165) is 5.56 Å². The lowest BCUT2D eigenvalue weighted by Gasteiger charge is -2.19. The standard InChI is InChI=1S/C20H17NO4S/c1-15-7-13-19(14-8-15)26(24,25)20(16-5-3-2-4-6-16)17-9-11-18(12-10-17)21(22)23/h2-14,20H,1H3. The van der Waals surface area contributed by atoms with Crippen molar-refractivity contribution in [3.05, 3.63) is 106 Å². The summed E-state index contributed by atoms with van der Waals surface area (Å²) in [5.41, 5.74) is 1.99. The molecular weight excluding hydrogens is 350 g/mol. The number of rotatable bonds is 5. The molecule has 5 nitrogen and oxygen atoms in total. The van der Waals surface area contributed by atoms with Gasteiger partial charge in [0.2, 0.25) is 0 Å². The van der Waals surface area contributed by atoms with Crippen LogP contribution < -0.4 is 0 Å². The van der Waals surface area contributed by atoms with Gasteiger partial charge in [-0.15, -0.1) is 0 Å². The molecular formula is C20H17NO4S. The van der Waals surface area contributed by atoms with Gasteiger partial charge in [-0.05, 0) is 30.2 Å². The van der Waals surface area contributed by atoms with E-state index in [-0.39, 0.29) is 10.6 Å². The van der Waals surface area contributed by atoms with Gasteiger partial charge < -0.3 is 0 Å². The van der Waals surface area contributed by atoms with Crippen molar-refractivity contribution in [1.82, 2.24) is 0 Å².